The third-order valence-corrected chi connectivity index (χ3v) is 6.61. The minimum atomic E-state index is -0.0105. The van der Waals surface area contributed by atoms with Gasteiger partial charge in [0.05, 0.1) is 5.52 Å². The van der Waals surface area contributed by atoms with Gasteiger partial charge in [0.2, 0.25) is 0 Å². The van der Waals surface area contributed by atoms with Crippen LogP contribution < -0.4 is 10.9 Å². The number of aromatic amines is 1. The van der Waals surface area contributed by atoms with E-state index >= 15 is 0 Å². The molecule has 2 aromatic rings. The maximum Gasteiger partial charge on any atom is 0.317 e. The summed E-state index contributed by atoms with van der Waals surface area (Å²) in [6, 6.07) is 6.61. The SMILES string of the molecule is Cc1ccc2cc(CN3CCN(C(=O)NC4CCCCC4)CC3)c(=O)[nH]c2c1C. The molecule has 0 bridgehead atoms. The summed E-state index contributed by atoms with van der Waals surface area (Å²) in [5.41, 5.74) is 4.03. The lowest BCUT2D eigenvalue weighted by Gasteiger charge is -2.36. The van der Waals surface area contributed by atoms with Crippen LogP contribution in [0.5, 0.6) is 0 Å². The molecule has 6 heteroatoms. The Kier molecular flexibility index (Phi) is 5.90. The molecule has 1 saturated heterocycles. The molecule has 0 unspecified atom stereocenters. The number of aryl methyl sites for hydroxylation is 2. The lowest BCUT2D eigenvalue weighted by atomic mass is 9.96. The van der Waals surface area contributed by atoms with Gasteiger partial charge in [0, 0.05) is 44.3 Å². The molecule has 1 aromatic heterocycles. The predicted molar refractivity (Wildman–Crippen MR) is 116 cm³/mol. The third-order valence-electron chi connectivity index (χ3n) is 6.61. The number of hydrogen-bond donors (Lipinski definition) is 2. The van der Waals surface area contributed by atoms with Crippen LogP contribution in [-0.4, -0.2) is 53.0 Å². The summed E-state index contributed by atoms with van der Waals surface area (Å²) in [7, 11) is 0. The van der Waals surface area contributed by atoms with Crippen molar-refractivity contribution in [1.82, 2.24) is 20.1 Å². The van der Waals surface area contributed by atoms with Crippen molar-refractivity contribution in [3.63, 3.8) is 0 Å². The maximum absolute atomic E-state index is 12.6. The summed E-state index contributed by atoms with van der Waals surface area (Å²) in [5.74, 6) is 0. The Bertz CT molecular complexity index is 938. The quantitative estimate of drug-likeness (QED) is 0.836. The van der Waals surface area contributed by atoms with Crippen LogP contribution in [0.3, 0.4) is 0 Å². The first-order valence-electron chi connectivity index (χ1n) is 10.9. The summed E-state index contributed by atoms with van der Waals surface area (Å²) in [6.45, 7) is 7.74. The Labute approximate surface area is 172 Å². The summed E-state index contributed by atoms with van der Waals surface area (Å²) in [6.07, 6.45) is 5.94. The van der Waals surface area contributed by atoms with Crippen LogP contribution in [0.2, 0.25) is 0 Å². The lowest BCUT2D eigenvalue weighted by Crippen LogP contribution is -2.53. The number of carbonyl (C=O) groups is 1. The van der Waals surface area contributed by atoms with E-state index in [0.29, 0.717) is 25.7 Å². The number of H-pyrrole nitrogens is 1. The topological polar surface area (TPSA) is 68.4 Å². The van der Waals surface area contributed by atoms with Crippen molar-refractivity contribution >= 4 is 16.9 Å². The van der Waals surface area contributed by atoms with Crippen LogP contribution in [0.1, 0.15) is 48.8 Å². The van der Waals surface area contributed by atoms with Crippen LogP contribution in [0.25, 0.3) is 10.9 Å². The first kappa shape index (κ1) is 20.0. The highest BCUT2D eigenvalue weighted by Crippen LogP contribution is 2.20. The van der Waals surface area contributed by atoms with Gasteiger partial charge in [0.15, 0.2) is 0 Å². The molecule has 1 aliphatic heterocycles. The van der Waals surface area contributed by atoms with Crippen molar-refractivity contribution in [3.8, 4) is 0 Å². The van der Waals surface area contributed by atoms with Crippen LogP contribution in [0.4, 0.5) is 4.79 Å². The molecule has 2 amide bonds. The molecule has 4 rings (SSSR count). The zero-order chi connectivity index (χ0) is 20.4. The molecule has 2 heterocycles. The minimum absolute atomic E-state index is 0.0105. The van der Waals surface area contributed by atoms with Crippen molar-refractivity contribution in [2.45, 2.75) is 58.5 Å². The van der Waals surface area contributed by atoms with Gasteiger partial charge in [-0.1, -0.05) is 31.4 Å². The number of aromatic nitrogens is 1. The van der Waals surface area contributed by atoms with Gasteiger partial charge in [-0.15, -0.1) is 0 Å². The second-order valence-corrected chi connectivity index (χ2v) is 8.64. The predicted octanol–water partition coefficient (Wildman–Crippen LogP) is 3.30. The standard InChI is InChI=1S/C23H32N4O2/c1-16-8-9-18-14-19(22(28)25-21(18)17(16)2)15-26-10-12-27(13-11-26)23(29)24-20-6-4-3-5-7-20/h8-9,14,20H,3-7,10-13,15H2,1-2H3,(H,24,29)(H,25,28). The van der Waals surface area contributed by atoms with Gasteiger partial charge >= 0.3 is 6.03 Å². The van der Waals surface area contributed by atoms with E-state index in [2.05, 4.69) is 34.3 Å². The smallest absolute Gasteiger partial charge is 0.317 e. The molecule has 0 radical (unpaired) electrons. The van der Waals surface area contributed by atoms with Crippen molar-refractivity contribution < 1.29 is 4.79 Å². The van der Waals surface area contributed by atoms with Gasteiger partial charge in [0.1, 0.15) is 0 Å². The minimum Gasteiger partial charge on any atom is -0.335 e. The van der Waals surface area contributed by atoms with Crippen LogP contribution in [0.15, 0.2) is 23.0 Å². The van der Waals surface area contributed by atoms with Crippen molar-refractivity contribution in [3.05, 3.63) is 45.2 Å². The van der Waals surface area contributed by atoms with E-state index in [-0.39, 0.29) is 11.6 Å². The first-order valence-corrected chi connectivity index (χ1v) is 10.9. The highest BCUT2D eigenvalue weighted by molar-refractivity contribution is 5.83. The largest absolute Gasteiger partial charge is 0.335 e. The van der Waals surface area contributed by atoms with Crippen LogP contribution >= 0.6 is 0 Å². The number of nitrogens with zero attached hydrogens (tertiary/aromatic N) is 2. The number of pyridine rings is 1. The van der Waals surface area contributed by atoms with E-state index in [1.165, 1.54) is 24.8 Å². The van der Waals surface area contributed by atoms with Crippen molar-refractivity contribution in [2.75, 3.05) is 26.2 Å². The van der Waals surface area contributed by atoms with Gasteiger partial charge in [-0.25, -0.2) is 4.79 Å². The molecule has 156 valence electrons. The number of nitrogens with one attached hydrogen (secondary N) is 2. The molecule has 2 aliphatic rings. The number of urea groups is 1. The number of benzene rings is 1. The van der Waals surface area contributed by atoms with E-state index < -0.39 is 0 Å². The second kappa shape index (κ2) is 8.57. The fraction of sp³-hybridized carbons (Fsp3) is 0.565. The Hall–Kier alpha value is -2.34. The number of fused-ring (bicyclic) bond motifs is 1. The van der Waals surface area contributed by atoms with E-state index in [0.717, 1.165) is 48.0 Å². The molecule has 1 saturated carbocycles. The Morgan fingerprint density at radius 2 is 1.83 bits per heavy atom. The summed E-state index contributed by atoms with van der Waals surface area (Å²) in [4.78, 5) is 32.4. The number of rotatable bonds is 3. The van der Waals surface area contributed by atoms with Gasteiger partial charge in [0.25, 0.3) is 5.56 Å². The molecule has 0 atom stereocenters. The fourth-order valence-corrected chi connectivity index (χ4v) is 4.55. The highest BCUT2D eigenvalue weighted by atomic mass is 16.2. The molecule has 6 nitrogen and oxygen atoms in total. The Morgan fingerprint density at radius 3 is 2.55 bits per heavy atom. The summed E-state index contributed by atoms with van der Waals surface area (Å²) < 4.78 is 0. The van der Waals surface area contributed by atoms with Gasteiger partial charge in [-0.05, 0) is 49.3 Å². The highest BCUT2D eigenvalue weighted by Gasteiger charge is 2.24. The Balaban J connectivity index is 1.36. The fourth-order valence-electron chi connectivity index (χ4n) is 4.55. The lowest BCUT2D eigenvalue weighted by molar-refractivity contribution is 0.131. The van der Waals surface area contributed by atoms with Crippen LogP contribution in [0, 0.1) is 13.8 Å². The molecule has 2 fully saturated rings. The zero-order valence-corrected chi connectivity index (χ0v) is 17.6. The average Bonchev–Trinajstić information content (AvgIpc) is 2.73. The molecule has 1 aromatic carbocycles. The number of carbonyl (C=O) groups excluding carboxylic acids is 1. The van der Waals surface area contributed by atoms with Crippen molar-refractivity contribution in [1.29, 1.82) is 0 Å². The van der Waals surface area contributed by atoms with Gasteiger partial charge < -0.3 is 15.2 Å². The van der Waals surface area contributed by atoms with Gasteiger partial charge in [-0.2, -0.15) is 0 Å². The van der Waals surface area contributed by atoms with Crippen LogP contribution in [-0.2, 0) is 6.54 Å². The van der Waals surface area contributed by atoms with E-state index in [1.807, 2.05) is 17.9 Å². The van der Waals surface area contributed by atoms with E-state index in [9.17, 15) is 9.59 Å². The van der Waals surface area contributed by atoms with Gasteiger partial charge in [-0.3, -0.25) is 9.69 Å². The number of amides is 2. The van der Waals surface area contributed by atoms with E-state index in [4.69, 9.17) is 0 Å². The molecular weight excluding hydrogens is 364 g/mol. The number of piperazine rings is 1. The molecule has 2 N–H and O–H groups in total. The summed E-state index contributed by atoms with van der Waals surface area (Å²) in [5, 5.41) is 4.28. The zero-order valence-electron chi connectivity index (χ0n) is 17.6. The average molecular weight is 397 g/mol. The molecular formula is C23H32N4O2. The normalized spacial score (nSPS) is 18.9. The molecule has 0 spiro atoms. The second-order valence-electron chi connectivity index (χ2n) is 8.64. The first-order chi connectivity index (χ1) is 14.0. The maximum atomic E-state index is 12.6. The Morgan fingerprint density at radius 1 is 1.10 bits per heavy atom. The third kappa shape index (κ3) is 4.47. The van der Waals surface area contributed by atoms with E-state index in [1.54, 1.807) is 0 Å². The molecule has 1 aliphatic carbocycles. The molecule has 29 heavy (non-hydrogen) atoms. The monoisotopic (exact) mass is 396 g/mol. The van der Waals surface area contributed by atoms with Crippen molar-refractivity contribution in [2.24, 2.45) is 0 Å². The summed E-state index contributed by atoms with van der Waals surface area (Å²) >= 11 is 0. The number of hydrogen-bond acceptors (Lipinski definition) is 3.